The Morgan fingerprint density at radius 2 is 1.66 bits per heavy atom. The van der Waals surface area contributed by atoms with Crippen LogP contribution < -0.4 is 5.32 Å². The molecule has 2 N–H and O–H groups in total. The molecule has 1 heterocycles. The summed E-state index contributed by atoms with van der Waals surface area (Å²) in [5, 5.41) is 3.84. The highest BCUT2D eigenvalue weighted by Gasteiger charge is 2.15. The van der Waals surface area contributed by atoms with Crippen LogP contribution >= 0.6 is 0 Å². The van der Waals surface area contributed by atoms with Crippen LogP contribution in [0.15, 0.2) is 77.7 Å². The molecule has 0 aliphatic rings. The molecule has 0 spiro atoms. The molecule has 0 aliphatic carbocycles. The molecule has 0 saturated heterocycles. The number of sulfone groups is 1. The lowest BCUT2D eigenvalue weighted by Crippen LogP contribution is -2.12. The number of amides is 1. The second-order valence-electron chi connectivity index (χ2n) is 7.51. The minimum Gasteiger partial charge on any atom is -0.354 e. The Kier molecular flexibility index (Phi) is 6.10. The Morgan fingerprint density at radius 3 is 2.34 bits per heavy atom. The van der Waals surface area contributed by atoms with Gasteiger partial charge in [0.1, 0.15) is 5.82 Å². The van der Waals surface area contributed by atoms with E-state index < -0.39 is 9.84 Å². The van der Waals surface area contributed by atoms with Gasteiger partial charge in [0.15, 0.2) is 9.84 Å². The van der Waals surface area contributed by atoms with Crippen LogP contribution in [0, 0.1) is 5.82 Å². The molecule has 0 radical (unpaired) electrons. The van der Waals surface area contributed by atoms with E-state index in [0.717, 1.165) is 27.7 Å². The number of carbonyl (C=O) groups excluding carboxylic acids is 1. The summed E-state index contributed by atoms with van der Waals surface area (Å²) < 4.78 is 37.2. The van der Waals surface area contributed by atoms with E-state index in [2.05, 4.69) is 10.3 Å². The zero-order chi connectivity index (χ0) is 22.7. The maximum atomic E-state index is 13.4. The molecule has 0 atom stereocenters. The van der Waals surface area contributed by atoms with Crippen LogP contribution in [0.25, 0.3) is 22.2 Å². The van der Waals surface area contributed by atoms with Crippen LogP contribution in [-0.4, -0.2) is 25.1 Å². The van der Waals surface area contributed by atoms with E-state index in [9.17, 15) is 17.6 Å². The van der Waals surface area contributed by atoms with Crippen LogP contribution in [-0.2, 0) is 21.1 Å². The van der Waals surface area contributed by atoms with Crippen LogP contribution in [0.2, 0.25) is 0 Å². The van der Waals surface area contributed by atoms with Crippen molar-refractivity contribution in [2.75, 3.05) is 11.1 Å². The fourth-order valence-electron chi connectivity index (χ4n) is 3.70. The lowest BCUT2D eigenvalue weighted by atomic mass is 10.0. The number of hydrogen-bond acceptors (Lipinski definition) is 3. The van der Waals surface area contributed by atoms with Crippen molar-refractivity contribution in [1.29, 1.82) is 0 Å². The standard InChI is InChI=1S/C25H23FN2O3S/c1-2-32(30,31)20-13-11-19(12-14-20)27-24(29)16-15-22-21-5-3-4-6-23(21)28-25(22)17-7-9-18(26)10-8-17/h3-14,28H,2,15-16H2,1H3,(H,27,29). The number of rotatable bonds is 7. The number of halogens is 1. The first-order chi connectivity index (χ1) is 15.4. The molecule has 0 bridgehead atoms. The summed E-state index contributed by atoms with van der Waals surface area (Å²) in [4.78, 5) is 16.2. The van der Waals surface area contributed by atoms with Crippen molar-refractivity contribution in [1.82, 2.24) is 4.98 Å². The maximum absolute atomic E-state index is 13.4. The lowest BCUT2D eigenvalue weighted by Gasteiger charge is -2.08. The van der Waals surface area contributed by atoms with Gasteiger partial charge in [-0.2, -0.15) is 0 Å². The summed E-state index contributed by atoms with van der Waals surface area (Å²) >= 11 is 0. The van der Waals surface area contributed by atoms with E-state index in [1.807, 2.05) is 24.3 Å². The molecule has 0 unspecified atom stereocenters. The highest BCUT2D eigenvalue weighted by atomic mass is 32.2. The van der Waals surface area contributed by atoms with Crippen molar-refractivity contribution in [2.45, 2.75) is 24.7 Å². The van der Waals surface area contributed by atoms with E-state index in [-0.39, 0.29) is 28.8 Å². The number of para-hydroxylation sites is 1. The minimum absolute atomic E-state index is 0.0275. The monoisotopic (exact) mass is 450 g/mol. The largest absolute Gasteiger partial charge is 0.354 e. The average molecular weight is 451 g/mol. The molecule has 3 aromatic carbocycles. The smallest absolute Gasteiger partial charge is 0.224 e. The summed E-state index contributed by atoms with van der Waals surface area (Å²) in [5.74, 6) is -0.449. The van der Waals surface area contributed by atoms with Crippen LogP contribution in [0.3, 0.4) is 0 Å². The number of hydrogen-bond donors (Lipinski definition) is 2. The van der Waals surface area contributed by atoms with Crippen molar-refractivity contribution in [3.8, 4) is 11.3 Å². The molecule has 0 fully saturated rings. The first kappa shape index (κ1) is 21.8. The van der Waals surface area contributed by atoms with Gasteiger partial charge < -0.3 is 10.3 Å². The topological polar surface area (TPSA) is 79.0 Å². The van der Waals surface area contributed by atoms with Gasteiger partial charge in [-0.05, 0) is 72.1 Å². The number of aromatic nitrogens is 1. The molecule has 5 nitrogen and oxygen atoms in total. The van der Waals surface area contributed by atoms with Crippen molar-refractivity contribution >= 4 is 32.3 Å². The predicted octanol–water partition coefficient (Wildman–Crippen LogP) is 5.34. The molecule has 4 rings (SSSR count). The number of aromatic amines is 1. The number of aryl methyl sites for hydroxylation is 1. The Balaban J connectivity index is 1.52. The summed E-state index contributed by atoms with van der Waals surface area (Å²) in [7, 11) is -3.28. The highest BCUT2D eigenvalue weighted by Crippen LogP contribution is 2.31. The predicted molar refractivity (Wildman–Crippen MR) is 125 cm³/mol. The van der Waals surface area contributed by atoms with E-state index in [4.69, 9.17) is 0 Å². The van der Waals surface area contributed by atoms with E-state index in [1.165, 1.54) is 24.3 Å². The zero-order valence-electron chi connectivity index (χ0n) is 17.6. The average Bonchev–Trinajstić information content (AvgIpc) is 3.17. The molecular weight excluding hydrogens is 427 g/mol. The summed E-state index contributed by atoms with van der Waals surface area (Å²) in [6, 6.07) is 20.3. The van der Waals surface area contributed by atoms with Gasteiger partial charge in [0.25, 0.3) is 0 Å². The quantitative estimate of drug-likeness (QED) is 0.399. The van der Waals surface area contributed by atoms with Crippen LogP contribution in [0.1, 0.15) is 18.9 Å². The van der Waals surface area contributed by atoms with Crippen molar-refractivity contribution in [3.05, 3.63) is 84.2 Å². The van der Waals surface area contributed by atoms with E-state index >= 15 is 0 Å². The van der Waals surface area contributed by atoms with Gasteiger partial charge in [-0.3, -0.25) is 4.79 Å². The number of H-pyrrole nitrogens is 1. The fourth-order valence-corrected chi connectivity index (χ4v) is 4.58. The number of benzene rings is 3. The summed E-state index contributed by atoms with van der Waals surface area (Å²) in [6.07, 6.45) is 0.732. The molecule has 0 saturated carbocycles. The SMILES string of the molecule is CCS(=O)(=O)c1ccc(NC(=O)CCc2c(-c3ccc(F)cc3)[nH]c3ccccc23)cc1. The number of fused-ring (bicyclic) bond motifs is 1. The molecule has 4 aromatic rings. The highest BCUT2D eigenvalue weighted by molar-refractivity contribution is 7.91. The van der Waals surface area contributed by atoms with Gasteiger partial charge in [0.2, 0.25) is 5.91 Å². The molecule has 7 heteroatoms. The number of anilines is 1. The minimum atomic E-state index is -3.28. The molecule has 32 heavy (non-hydrogen) atoms. The normalized spacial score (nSPS) is 11.6. The zero-order valence-corrected chi connectivity index (χ0v) is 18.4. The van der Waals surface area contributed by atoms with Crippen molar-refractivity contribution in [3.63, 3.8) is 0 Å². The third kappa shape index (κ3) is 4.57. The third-order valence-corrected chi connectivity index (χ3v) is 7.18. The van der Waals surface area contributed by atoms with E-state index in [1.54, 1.807) is 31.2 Å². The fraction of sp³-hybridized carbons (Fsp3) is 0.160. The van der Waals surface area contributed by atoms with Gasteiger partial charge in [-0.25, -0.2) is 12.8 Å². The Hall–Kier alpha value is -3.45. The van der Waals surface area contributed by atoms with Crippen LogP contribution in [0.4, 0.5) is 10.1 Å². The molecule has 1 amide bonds. The van der Waals surface area contributed by atoms with Gasteiger partial charge in [-0.15, -0.1) is 0 Å². The Bertz CT molecular complexity index is 1360. The van der Waals surface area contributed by atoms with E-state index in [0.29, 0.717) is 12.1 Å². The van der Waals surface area contributed by atoms with Crippen molar-refractivity contribution in [2.24, 2.45) is 0 Å². The second-order valence-corrected chi connectivity index (χ2v) is 9.79. The Labute approximate surface area is 186 Å². The van der Waals surface area contributed by atoms with Gasteiger partial charge >= 0.3 is 0 Å². The molecule has 0 aliphatic heterocycles. The first-order valence-electron chi connectivity index (χ1n) is 10.4. The van der Waals surface area contributed by atoms with Crippen molar-refractivity contribution < 1.29 is 17.6 Å². The third-order valence-electron chi connectivity index (χ3n) is 5.43. The van der Waals surface area contributed by atoms with Gasteiger partial charge in [0.05, 0.1) is 10.6 Å². The number of nitrogens with one attached hydrogen (secondary N) is 2. The van der Waals surface area contributed by atoms with Gasteiger partial charge in [-0.1, -0.05) is 25.1 Å². The first-order valence-corrected chi connectivity index (χ1v) is 12.0. The molecular formula is C25H23FN2O3S. The lowest BCUT2D eigenvalue weighted by molar-refractivity contribution is -0.116. The Morgan fingerprint density at radius 1 is 0.969 bits per heavy atom. The summed E-state index contributed by atoms with van der Waals surface area (Å²) in [6.45, 7) is 1.59. The maximum Gasteiger partial charge on any atom is 0.224 e. The van der Waals surface area contributed by atoms with Gasteiger partial charge in [0, 0.05) is 28.7 Å². The summed E-state index contributed by atoms with van der Waals surface area (Å²) in [5.41, 5.74) is 4.21. The molecule has 164 valence electrons. The number of carbonyl (C=O) groups is 1. The van der Waals surface area contributed by atoms with Crippen LogP contribution in [0.5, 0.6) is 0 Å². The second kappa shape index (κ2) is 8.96. The molecule has 1 aromatic heterocycles.